The minimum atomic E-state index is -0.350. The first-order valence-electron chi connectivity index (χ1n) is 4.68. The van der Waals surface area contributed by atoms with E-state index in [9.17, 15) is 5.11 Å². The topological polar surface area (TPSA) is 23.5 Å². The lowest BCUT2D eigenvalue weighted by atomic mass is 10.0. The number of hydrogen-bond donors (Lipinski definition) is 1. The minimum absolute atomic E-state index is 0. The summed E-state index contributed by atoms with van der Waals surface area (Å²) in [6.07, 6.45) is 2.24. The van der Waals surface area contributed by atoms with Gasteiger partial charge in [-0.1, -0.05) is 6.92 Å². The number of nitrogens with zero attached hydrogens (tertiary/aromatic N) is 1. The zero-order valence-corrected chi connectivity index (χ0v) is 9.65. The summed E-state index contributed by atoms with van der Waals surface area (Å²) in [6.45, 7) is 5.25. The Hall–Kier alpha value is 0.500. The molecule has 0 spiro atoms. The second-order valence-electron chi connectivity index (χ2n) is 3.82. The van der Waals surface area contributed by atoms with Gasteiger partial charge in [-0.3, -0.25) is 0 Å². The molecule has 0 amide bonds. The molecule has 0 radical (unpaired) electrons. The largest absolute Gasteiger partial charge is 0.391 e. The highest BCUT2D eigenvalue weighted by atomic mass is 35.5. The smallest absolute Gasteiger partial charge is 0.0802 e. The van der Waals surface area contributed by atoms with Gasteiger partial charge >= 0.3 is 0 Å². The van der Waals surface area contributed by atoms with Gasteiger partial charge in [0, 0.05) is 19.0 Å². The summed E-state index contributed by atoms with van der Waals surface area (Å²) in [6, 6.07) is 0. The number of piperidine rings is 1. The van der Waals surface area contributed by atoms with E-state index in [-0.39, 0.29) is 18.5 Å². The molecule has 2 unspecified atom stereocenters. The van der Waals surface area contributed by atoms with Crippen molar-refractivity contribution in [2.24, 2.45) is 5.92 Å². The molecule has 1 fully saturated rings. The lowest BCUT2D eigenvalue weighted by molar-refractivity contribution is 0.100. The van der Waals surface area contributed by atoms with Crippen LogP contribution in [0.4, 0.5) is 0 Å². The molecule has 13 heavy (non-hydrogen) atoms. The van der Waals surface area contributed by atoms with Gasteiger partial charge in [0.05, 0.1) is 6.10 Å². The summed E-state index contributed by atoms with van der Waals surface area (Å²) < 4.78 is 0. The Kier molecular flexibility index (Phi) is 7.15. The molecule has 1 saturated heterocycles. The van der Waals surface area contributed by atoms with Crippen LogP contribution in [0.3, 0.4) is 0 Å². The third-order valence-electron chi connectivity index (χ3n) is 2.39. The molecule has 0 aliphatic carbocycles. The van der Waals surface area contributed by atoms with E-state index in [0.717, 1.165) is 25.6 Å². The van der Waals surface area contributed by atoms with Crippen LogP contribution in [-0.2, 0) is 0 Å². The summed E-state index contributed by atoms with van der Waals surface area (Å²) in [4.78, 5) is 2.31. The highest BCUT2D eigenvalue weighted by Gasteiger charge is 2.17. The van der Waals surface area contributed by atoms with Crippen molar-refractivity contribution in [3.05, 3.63) is 0 Å². The molecule has 1 rings (SSSR count). The van der Waals surface area contributed by atoms with Crippen molar-refractivity contribution in [2.45, 2.75) is 25.9 Å². The zero-order valence-electron chi connectivity index (χ0n) is 8.08. The fraction of sp³-hybridized carbons (Fsp3) is 1.00. The maximum Gasteiger partial charge on any atom is 0.0802 e. The van der Waals surface area contributed by atoms with Gasteiger partial charge in [-0.05, 0) is 25.3 Å². The Bertz CT molecular complexity index is 135. The predicted octanol–water partition coefficient (Wildman–Crippen LogP) is 1.74. The molecule has 80 valence electrons. The fourth-order valence-corrected chi connectivity index (χ4v) is 1.90. The van der Waals surface area contributed by atoms with Gasteiger partial charge in [-0.25, -0.2) is 0 Å². The SMILES string of the molecule is CC1CCCN(CC(O)CCl)C1.Cl. The van der Waals surface area contributed by atoms with Crippen molar-refractivity contribution in [1.29, 1.82) is 0 Å². The van der Waals surface area contributed by atoms with Crippen molar-refractivity contribution < 1.29 is 5.11 Å². The fourth-order valence-electron chi connectivity index (χ4n) is 1.80. The van der Waals surface area contributed by atoms with Crippen LogP contribution in [0.25, 0.3) is 0 Å². The Labute approximate surface area is 91.7 Å². The average Bonchev–Trinajstić information content (AvgIpc) is 2.04. The average molecular weight is 228 g/mol. The first kappa shape index (κ1) is 13.5. The van der Waals surface area contributed by atoms with E-state index in [1.165, 1.54) is 12.8 Å². The number of likely N-dealkylation sites (tertiary alicyclic amines) is 1. The van der Waals surface area contributed by atoms with E-state index < -0.39 is 0 Å². The highest BCUT2D eigenvalue weighted by molar-refractivity contribution is 6.18. The first-order valence-corrected chi connectivity index (χ1v) is 5.22. The number of halogens is 2. The van der Waals surface area contributed by atoms with Crippen LogP contribution in [0.15, 0.2) is 0 Å². The molecule has 0 aromatic rings. The quantitative estimate of drug-likeness (QED) is 0.744. The molecule has 1 aliphatic rings. The molecule has 0 aromatic carbocycles. The Balaban J connectivity index is 0.00000144. The Morgan fingerprint density at radius 1 is 1.62 bits per heavy atom. The van der Waals surface area contributed by atoms with Crippen LogP contribution in [0.2, 0.25) is 0 Å². The molecular formula is C9H19Cl2NO. The van der Waals surface area contributed by atoms with E-state index in [1.807, 2.05) is 0 Å². The maximum atomic E-state index is 9.32. The minimum Gasteiger partial charge on any atom is -0.391 e. The molecule has 0 saturated carbocycles. The van der Waals surface area contributed by atoms with Crippen LogP contribution in [0.1, 0.15) is 19.8 Å². The van der Waals surface area contributed by atoms with E-state index in [4.69, 9.17) is 11.6 Å². The van der Waals surface area contributed by atoms with Gasteiger partial charge < -0.3 is 10.0 Å². The van der Waals surface area contributed by atoms with Crippen molar-refractivity contribution in [1.82, 2.24) is 4.90 Å². The summed E-state index contributed by atoms with van der Waals surface area (Å²) >= 11 is 5.53. The molecule has 4 heteroatoms. The van der Waals surface area contributed by atoms with Gasteiger partial charge in [0.2, 0.25) is 0 Å². The van der Waals surface area contributed by atoms with Crippen LogP contribution >= 0.6 is 24.0 Å². The van der Waals surface area contributed by atoms with Crippen molar-refractivity contribution in [3.8, 4) is 0 Å². The number of aliphatic hydroxyl groups is 1. The Morgan fingerprint density at radius 3 is 2.85 bits per heavy atom. The Morgan fingerprint density at radius 2 is 2.31 bits per heavy atom. The van der Waals surface area contributed by atoms with E-state index >= 15 is 0 Å². The number of rotatable bonds is 3. The van der Waals surface area contributed by atoms with Crippen LogP contribution in [-0.4, -0.2) is 41.6 Å². The molecule has 0 bridgehead atoms. The standard InChI is InChI=1S/C9H18ClNO.ClH/c1-8-3-2-4-11(6-8)7-9(12)5-10;/h8-9,12H,2-7H2,1H3;1H. The zero-order chi connectivity index (χ0) is 8.97. The molecule has 2 nitrogen and oxygen atoms in total. The monoisotopic (exact) mass is 227 g/mol. The number of β-amino-alcohol motifs (C(OH)–C–C–N with tert-alkyl or cyclic N) is 1. The summed E-state index contributed by atoms with van der Waals surface area (Å²) in [5.41, 5.74) is 0. The lowest BCUT2D eigenvalue weighted by Gasteiger charge is -2.31. The molecule has 1 heterocycles. The molecule has 2 atom stereocenters. The van der Waals surface area contributed by atoms with Gasteiger partial charge in [0.25, 0.3) is 0 Å². The number of aliphatic hydroxyl groups excluding tert-OH is 1. The molecule has 1 N–H and O–H groups in total. The molecule has 0 aromatic heterocycles. The van der Waals surface area contributed by atoms with Crippen molar-refractivity contribution >= 4 is 24.0 Å². The normalized spacial score (nSPS) is 26.5. The third kappa shape index (κ3) is 5.06. The maximum absolute atomic E-state index is 9.32. The summed E-state index contributed by atoms with van der Waals surface area (Å²) in [5.74, 6) is 1.13. The van der Waals surface area contributed by atoms with Crippen molar-refractivity contribution in [2.75, 3.05) is 25.5 Å². The van der Waals surface area contributed by atoms with Crippen LogP contribution < -0.4 is 0 Å². The van der Waals surface area contributed by atoms with Crippen LogP contribution in [0, 0.1) is 5.92 Å². The van der Waals surface area contributed by atoms with E-state index in [1.54, 1.807) is 0 Å². The second kappa shape index (κ2) is 6.88. The molecule has 1 aliphatic heterocycles. The summed E-state index contributed by atoms with van der Waals surface area (Å²) in [5, 5.41) is 9.32. The van der Waals surface area contributed by atoms with Crippen LogP contribution in [0.5, 0.6) is 0 Å². The number of hydrogen-bond acceptors (Lipinski definition) is 2. The van der Waals surface area contributed by atoms with Gasteiger partial charge in [0.1, 0.15) is 0 Å². The van der Waals surface area contributed by atoms with E-state index in [2.05, 4.69) is 11.8 Å². The predicted molar refractivity (Wildman–Crippen MR) is 58.8 cm³/mol. The van der Waals surface area contributed by atoms with Gasteiger partial charge in [-0.15, -0.1) is 24.0 Å². The van der Waals surface area contributed by atoms with E-state index in [0.29, 0.717) is 5.88 Å². The molecular weight excluding hydrogens is 209 g/mol. The van der Waals surface area contributed by atoms with Crippen molar-refractivity contribution in [3.63, 3.8) is 0 Å². The lowest BCUT2D eigenvalue weighted by Crippen LogP contribution is -2.39. The summed E-state index contributed by atoms with van der Waals surface area (Å²) in [7, 11) is 0. The van der Waals surface area contributed by atoms with Gasteiger partial charge in [0.15, 0.2) is 0 Å². The first-order chi connectivity index (χ1) is 5.72. The highest BCUT2D eigenvalue weighted by Crippen LogP contribution is 2.15. The number of alkyl halides is 1. The van der Waals surface area contributed by atoms with Gasteiger partial charge in [-0.2, -0.15) is 0 Å². The second-order valence-corrected chi connectivity index (χ2v) is 4.12. The third-order valence-corrected chi connectivity index (χ3v) is 2.74.